The molecule has 3 aromatic rings. The molecule has 0 aliphatic heterocycles. The molecule has 0 aliphatic carbocycles. The van der Waals surface area contributed by atoms with Crippen LogP contribution in [0, 0.1) is 0 Å². The Morgan fingerprint density at radius 2 is 1.43 bits per heavy atom. The zero-order valence-corrected chi connectivity index (χ0v) is 15.8. The van der Waals surface area contributed by atoms with E-state index in [4.69, 9.17) is 0 Å². The van der Waals surface area contributed by atoms with Crippen molar-refractivity contribution in [3.63, 3.8) is 0 Å². The van der Waals surface area contributed by atoms with Crippen LogP contribution < -0.4 is 0 Å². The van der Waals surface area contributed by atoms with Gasteiger partial charge in [0.25, 0.3) is 5.91 Å². The van der Waals surface area contributed by atoms with Crippen molar-refractivity contribution in [3.8, 4) is 0 Å². The van der Waals surface area contributed by atoms with E-state index in [0.717, 1.165) is 16.0 Å². The van der Waals surface area contributed by atoms with Gasteiger partial charge in [0.15, 0.2) is 0 Å². The third-order valence-electron chi connectivity index (χ3n) is 4.09. The Labute approximate surface area is 167 Å². The number of hydrogen-bond acceptors (Lipinski definition) is 4. The molecule has 0 aromatic heterocycles. The third-order valence-corrected chi connectivity index (χ3v) is 5.35. The van der Waals surface area contributed by atoms with Crippen LogP contribution in [0.15, 0.2) is 89.8 Å². The van der Waals surface area contributed by atoms with Gasteiger partial charge in [0, 0.05) is 10.5 Å². The summed E-state index contributed by atoms with van der Waals surface area (Å²) < 4.78 is 0. The van der Waals surface area contributed by atoms with Crippen LogP contribution in [-0.4, -0.2) is 27.3 Å². The summed E-state index contributed by atoms with van der Waals surface area (Å²) in [6, 6.07) is 24.7. The highest BCUT2D eigenvalue weighted by Crippen LogP contribution is 2.35. The molecule has 3 aromatic carbocycles. The molecule has 142 valence electrons. The first-order valence-corrected chi connectivity index (χ1v) is 9.51. The number of hydroxylamine groups is 2. The molecule has 0 aliphatic rings. The van der Waals surface area contributed by atoms with Crippen molar-refractivity contribution >= 4 is 23.6 Å². The Bertz CT molecular complexity index is 930. The largest absolute Gasteiger partial charge is 0.480 e. The van der Waals surface area contributed by atoms with Gasteiger partial charge in [-0.05, 0) is 35.4 Å². The lowest BCUT2D eigenvalue weighted by Gasteiger charge is -2.16. The Morgan fingerprint density at radius 1 is 0.857 bits per heavy atom. The van der Waals surface area contributed by atoms with Crippen LogP contribution >= 0.6 is 11.8 Å². The lowest BCUT2D eigenvalue weighted by Crippen LogP contribution is -2.26. The van der Waals surface area contributed by atoms with Gasteiger partial charge in [-0.25, -0.2) is 5.06 Å². The summed E-state index contributed by atoms with van der Waals surface area (Å²) in [6.45, 7) is 0.0414. The summed E-state index contributed by atoms with van der Waals surface area (Å²) in [5, 5.41) is 19.6. The van der Waals surface area contributed by atoms with Crippen molar-refractivity contribution in [2.45, 2.75) is 16.7 Å². The predicted molar refractivity (Wildman–Crippen MR) is 107 cm³/mol. The van der Waals surface area contributed by atoms with Crippen LogP contribution in [0.4, 0.5) is 0 Å². The molecule has 5 nitrogen and oxygen atoms in total. The number of rotatable bonds is 7. The monoisotopic (exact) mass is 393 g/mol. The minimum absolute atomic E-state index is 0.0414. The van der Waals surface area contributed by atoms with Crippen LogP contribution in [0.25, 0.3) is 0 Å². The molecule has 0 saturated heterocycles. The average Bonchev–Trinajstić information content (AvgIpc) is 2.73. The van der Waals surface area contributed by atoms with E-state index in [1.54, 1.807) is 66.7 Å². The third kappa shape index (κ3) is 5.00. The average molecular weight is 393 g/mol. The van der Waals surface area contributed by atoms with E-state index >= 15 is 0 Å². The summed E-state index contributed by atoms with van der Waals surface area (Å²) >= 11 is 1.24. The van der Waals surface area contributed by atoms with Gasteiger partial charge in [0.1, 0.15) is 5.25 Å². The van der Waals surface area contributed by atoms with E-state index in [1.165, 1.54) is 11.8 Å². The summed E-state index contributed by atoms with van der Waals surface area (Å²) in [5.74, 6) is -1.38. The van der Waals surface area contributed by atoms with E-state index < -0.39 is 17.1 Å². The predicted octanol–water partition coefficient (Wildman–Crippen LogP) is 4.64. The number of benzene rings is 3. The lowest BCUT2D eigenvalue weighted by atomic mass is 10.1. The molecule has 28 heavy (non-hydrogen) atoms. The molecule has 0 fully saturated rings. The highest BCUT2D eigenvalue weighted by Gasteiger charge is 2.21. The number of carbonyl (C=O) groups excluding carboxylic acids is 1. The second-order valence-electron chi connectivity index (χ2n) is 6.12. The number of hydrogen-bond donors (Lipinski definition) is 2. The molecule has 3 rings (SSSR count). The molecule has 0 spiro atoms. The number of thioether (sulfide) groups is 1. The molecule has 0 heterocycles. The van der Waals surface area contributed by atoms with Gasteiger partial charge in [-0.3, -0.25) is 14.8 Å². The quantitative estimate of drug-likeness (QED) is 0.347. The van der Waals surface area contributed by atoms with Gasteiger partial charge in [-0.15, -0.1) is 11.8 Å². The second kappa shape index (κ2) is 9.21. The fraction of sp³-hybridized carbons (Fsp3) is 0.0909. The molecule has 0 saturated carbocycles. The van der Waals surface area contributed by atoms with E-state index in [-0.39, 0.29) is 6.54 Å². The Balaban J connectivity index is 1.66. The van der Waals surface area contributed by atoms with Gasteiger partial charge >= 0.3 is 5.97 Å². The Hall–Kier alpha value is -3.09. The molecule has 1 amide bonds. The lowest BCUT2D eigenvalue weighted by molar-refractivity contribution is -0.136. The molecule has 1 atom stereocenters. The highest BCUT2D eigenvalue weighted by molar-refractivity contribution is 8.00. The van der Waals surface area contributed by atoms with Crippen LogP contribution in [0.1, 0.15) is 26.7 Å². The number of nitrogens with zero attached hydrogens (tertiary/aromatic N) is 1. The zero-order chi connectivity index (χ0) is 19.9. The minimum atomic E-state index is -0.907. The fourth-order valence-electron chi connectivity index (χ4n) is 2.67. The minimum Gasteiger partial charge on any atom is -0.480 e. The zero-order valence-electron chi connectivity index (χ0n) is 14.9. The van der Waals surface area contributed by atoms with Crippen molar-refractivity contribution in [1.82, 2.24) is 5.06 Å². The van der Waals surface area contributed by atoms with Crippen molar-refractivity contribution in [1.29, 1.82) is 0 Å². The van der Waals surface area contributed by atoms with Crippen LogP contribution in [0.5, 0.6) is 0 Å². The van der Waals surface area contributed by atoms with E-state index in [2.05, 4.69) is 0 Å². The van der Waals surface area contributed by atoms with Gasteiger partial charge < -0.3 is 5.11 Å². The highest BCUT2D eigenvalue weighted by atomic mass is 32.2. The van der Waals surface area contributed by atoms with Gasteiger partial charge in [-0.1, -0.05) is 60.7 Å². The second-order valence-corrected chi connectivity index (χ2v) is 7.30. The Kier molecular flexibility index (Phi) is 6.47. The number of aliphatic carboxylic acids is 1. The molecule has 2 N–H and O–H groups in total. The summed E-state index contributed by atoms with van der Waals surface area (Å²) in [4.78, 5) is 24.6. The van der Waals surface area contributed by atoms with Crippen molar-refractivity contribution in [2.75, 3.05) is 0 Å². The fourth-order valence-corrected chi connectivity index (χ4v) is 3.63. The topological polar surface area (TPSA) is 77.8 Å². The standard InChI is InChI=1S/C22H19NO4S/c24-21(18-9-5-2-6-10-18)23(27)15-16-11-13-19(14-12-16)28-20(22(25)26)17-7-3-1-4-8-17/h1-14,20,27H,15H2,(H,25,26). The van der Waals surface area contributed by atoms with E-state index in [0.29, 0.717) is 10.6 Å². The summed E-state index contributed by atoms with van der Waals surface area (Å²) in [7, 11) is 0. The number of amides is 1. The van der Waals surface area contributed by atoms with Gasteiger partial charge in [0.05, 0.1) is 6.54 Å². The van der Waals surface area contributed by atoms with Crippen molar-refractivity contribution in [3.05, 3.63) is 102 Å². The van der Waals surface area contributed by atoms with E-state index in [9.17, 15) is 19.9 Å². The number of carboxylic acid groups (broad SMARTS) is 1. The molecule has 0 bridgehead atoms. The first-order valence-electron chi connectivity index (χ1n) is 8.64. The molecule has 0 radical (unpaired) electrons. The maximum atomic E-state index is 12.2. The Morgan fingerprint density at radius 3 is 2.00 bits per heavy atom. The first-order chi connectivity index (χ1) is 13.5. The number of carboxylic acids is 1. The maximum Gasteiger partial charge on any atom is 0.321 e. The van der Waals surface area contributed by atoms with Crippen molar-refractivity contribution in [2.24, 2.45) is 0 Å². The molecule has 6 heteroatoms. The first kappa shape index (κ1) is 19.7. The summed E-state index contributed by atoms with van der Waals surface area (Å²) in [6.07, 6.45) is 0. The van der Waals surface area contributed by atoms with E-state index in [1.807, 2.05) is 18.2 Å². The maximum absolute atomic E-state index is 12.2. The van der Waals surface area contributed by atoms with Crippen molar-refractivity contribution < 1.29 is 19.9 Å². The van der Waals surface area contributed by atoms with Gasteiger partial charge in [0.2, 0.25) is 0 Å². The molecular formula is C22H19NO4S. The molecule has 1 unspecified atom stereocenters. The summed E-state index contributed by atoms with van der Waals surface area (Å²) in [5.41, 5.74) is 1.87. The van der Waals surface area contributed by atoms with Gasteiger partial charge in [-0.2, -0.15) is 0 Å². The van der Waals surface area contributed by atoms with Crippen LogP contribution in [-0.2, 0) is 11.3 Å². The normalized spacial score (nSPS) is 11.6. The molecular weight excluding hydrogens is 374 g/mol. The van der Waals surface area contributed by atoms with Crippen LogP contribution in [0.3, 0.4) is 0 Å². The van der Waals surface area contributed by atoms with Crippen LogP contribution in [0.2, 0.25) is 0 Å². The number of carbonyl (C=O) groups is 2. The SMILES string of the molecule is O=C(O)C(Sc1ccc(CN(O)C(=O)c2ccccc2)cc1)c1ccccc1. The smallest absolute Gasteiger partial charge is 0.321 e.